The van der Waals surface area contributed by atoms with Crippen molar-refractivity contribution in [3.8, 4) is 6.07 Å². The van der Waals surface area contributed by atoms with Crippen LogP contribution in [0.1, 0.15) is 25.2 Å². The summed E-state index contributed by atoms with van der Waals surface area (Å²) in [6.07, 6.45) is -0.201. The summed E-state index contributed by atoms with van der Waals surface area (Å²) in [5.74, 6) is 0.371. The summed E-state index contributed by atoms with van der Waals surface area (Å²) < 4.78 is 1.49. The van der Waals surface area contributed by atoms with Crippen LogP contribution in [-0.2, 0) is 13.0 Å². The van der Waals surface area contributed by atoms with Crippen LogP contribution in [0.5, 0.6) is 0 Å². The summed E-state index contributed by atoms with van der Waals surface area (Å²) in [6, 6.07) is 1.97. The smallest absolute Gasteiger partial charge is 0.185 e. The molecule has 0 spiro atoms. The predicted molar refractivity (Wildman–Crippen MR) is 56.4 cm³/mol. The van der Waals surface area contributed by atoms with Crippen LogP contribution in [0.2, 0.25) is 0 Å². The molecule has 1 aromatic rings. The molecule has 0 saturated carbocycles. The van der Waals surface area contributed by atoms with Gasteiger partial charge in [0.25, 0.3) is 0 Å². The monoisotopic (exact) mass is 224 g/mol. The van der Waals surface area contributed by atoms with Crippen molar-refractivity contribution in [3.63, 3.8) is 0 Å². The van der Waals surface area contributed by atoms with Gasteiger partial charge in [0.05, 0.1) is 24.9 Å². The van der Waals surface area contributed by atoms with Crippen molar-refractivity contribution >= 4 is 0 Å². The lowest BCUT2D eigenvalue weighted by atomic mass is 10.1. The summed E-state index contributed by atoms with van der Waals surface area (Å²) in [7, 11) is 0. The van der Waals surface area contributed by atoms with Crippen molar-refractivity contribution in [2.24, 2.45) is 5.92 Å². The highest BCUT2D eigenvalue weighted by Gasteiger charge is 2.15. The highest BCUT2D eigenvalue weighted by molar-refractivity contribution is 5.24. The van der Waals surface area contributed by atoms with Gasteiger partial charge in [0.15, 0.2) is 5.69 Å². The molecule has 6 nitrogen and oxygen atoms in total. The molecule has 0 saturated heterocycles. The first-order valence-electron chi connectivity index (χ1n) is 5.19. The lowest BCUT2D eigenvalue weighted by Gasteiger charge is -2.11. The molecule has 1 unspecified atom stereocenters. The van der Waals surface area contributed by atoms with E-state index < -0.39 is 6.10 Å². The number of hydrogen-bond acceptors (Lipinski definition) is 5. The molecule has 0 amide bonds. The molecule has 1 atom stereocenters. The molecule has 2 N–H and O–H groups in total. The number of nitrogens with zero attached hydrogens (tertiary/aromatic N) is 4. The fourth-order valence-electron chi connectivity index (χ4n) is 1.41. The summed E-state index contributed by atoms with van der Waals surface area (Å²) in [4.78, 5) is 0. The van der Waals surface area contributed by atoms with Crippen LogP contribution in [0.3, 0.4) is 0 Å². The van der Waals surface area contributed by atoms with Gasteiger partial charge in [-0.3, -0.25) is 0 Å². The average molecular weight is 224 g/mol. The Labute approximate surface area is 94.1 Å². The Bertz CT molecular complexity index is 381. The van der Waals surface area contributed by atoms with Crippen LogP contribution in [0.4, 0.5) is 0 Å². The van der Waals surface area contributed by atoms with Gasteiger partial charge in [0.2, 0.25) is 0 Å². The molecular weight excluding hydrogens is 208 g/mol. The van der Waals surface area contributed by atoms with Gasteiger partial charge in [-0.05, 0) is 12.3 Å². The molecule has 0 aliphatic carbocycles. The largest absolute Gasteiger partial charge is 0.394 e. The molecule has 6 heteroatoms. The Morgan fingerprint density at radius 2 is 2.19 bits per heavy atom. The SMILES string of the molecule is CC(C)Cc1c(C#N)nnn1CC(O)CO. The second-order valence-corrected chi connectivity index (χ2v) is 4.11. The number of nitriles is 1. The highest BCUT2D eigenvalue weighted by Crippen LogP contribution is 2.11. The quantitative estimate of drug-likeness (QED) is 0.716. The van der Waals surface area contributed by atoms with Crippen LogP contribution >= 0.6 is 0 Å². The van der Waals surface area contributed by atoms with E-state index in [1.807, 2.05) is 19.9 Å². The van der Waals surface area contributed by atoms with Crippen LogP contribution in [-0.4, -0.2) is 37.9 Å². The fourth-order valence-corrected chi connectivity index (χ4v) is 1.41. The van der Waals surface area contributed by atoms with Crippen LogP contribution in [0, 0.1) is 17.2 Å². The van der Waals surface area contributed by atoms with E-state index in [0.29, 0.717) is 23.7 Å². The Morgan fingerprint density at radius 1 is 1.50 bits per heavy atom. The average Bonchev–Trinajstić information content (AvgIpc) is 2.60. The van der Waals surface area contributed by atoms with E-state index in [2.05, 4.69) is 10.3 Å². The minimum Gasteiger partial charge on any atom is -0.394 e. The van der Waals surface area contributed by atoms with Gasteiger partial charge in [0, 0.05) is 0 Å². The van der Waals surface area contributed by atoms with Crippen molar-refractivity contribution in [1.82, 2.24) is 15.0 Å². The van der Waals surface area contributed by atoms with E-state index in [-0.39, 0.29) is 13.2 Å². The molecule has 1 heterocycles. The molecule has 0 aromatic carbocycles. The summed E-state index contributed by atoms with van der Waals surface area (Å²) >= 11 is 0. The van der Waals surface area contributed by atoms with Crippen molar-refractivity contribution in [2.75, 3.05) is 6.61 Å². The number of aliphatic hydroxyl groups is 2. The Balaban J connectivity index is 2.91. The zero-order chi connectivity index (χ0) is 12.1. The van der Waals surface area contributed by atoms with Gasteiger partial charge >= 0.3 is 0 Å². The van der Waals surface area contributed by atoms with E-state index >= 15 is 0 Å². The van der Waals surface area contributed by atoms with Gasteiger partial charge in [-0.1, -0.05) is 19.1 Å². The Kier molecular flexibility index (Phi) is 4.40. The first-order chi connectivity index (χ1) is 7.58. The van der Waals surface area contributed by atoms with Crippen LogP contribution in [0.25, 0.3) is 0 Å². The lowest BCUT2D eigenvalue weighted by Crippen LogP contribution is -2.22. The Morgan fingerprint density at radius 3 is 2.69 bits per heavy atom. The zero-order valence-electron chi connectivity index (χ0n) is 9.46. The highest BCUT2D eigenvalue weighted by atomic mass is 16.3. The molecule has 0 radical (unpaired) electrons. The molecule has 16 heavy (non-hydrogen) atoms. The third-order valence-electron chi connectivity index (χ3n) is 2.14. The van der Waals surface area contributed by atoms with Crippen molar-refractivity contribution < 1.29 is 10.2 Å². The van der Waals surface area contributed by atoms with E-state index in [4.69, 9.17) is 10.4 Å². The maximum Gasteiger partial charge on any atom is 0.185 e. The van der Waals surface area contributed by atoms with Crippen LogP contribution < -0.4 is 0 Å². The van der Waals surface area contributed by atoms with Crippen molar-refractivity contribution in [2.45, 2.75) is 32.9 Å². The second-order valence-electron chi connectivity index (χ2n) is 4.11. The topological polar surface area (TPSA) is 95.0 Å². The second kappa shape index (κ2) is 5.58. The molecule has 1 aromatic heterocycles. The standard InChI is InChI=1S/C10H16N4O2/c1-7(2)3-10-9(4-11)12-13-14(10)5-8(16)6-15/h7-8,15-16H,3,5-6H2,1-2H3. The van der Waals surface area contributed by atoms with Gasteiger partial charge in [0.1, 0.15) is 6.07 Å². The third kappa shape index (κ3) is 3.02. The lowest BCUT2D eigenvalue weighted by molar-refractivity contribution is 0.0769. The zero-order valence-corrected chi connectivity index (χ0v) is 9.46. The van der Waals surface area contributed by atoms with E-state index in [9.17, 15) is 5.11 Å². The van der Waals surface area contributed by atoms with E-state index in [1.54, 1.807) is 0 Å². The van der Waals surface area contributed by atoms with Gasteiger partial charge < -0.3 is 10.2 Å². The fraction of sp³-hybridized carbons (Fsp3) is 0.700. The normalized spacial score (nSPS) is 12.8. The Hall–Kier alpha value is -1.45. The summed E-state index contributed by atoms with van der Waals surface area (Å²) in [5, 5.41) is 34.5. The molecular formula is C10H16N4O2. The third-order valence-corrected chi connectivity index (χ3v) is 2.14. The maximum absolute atomic E-state index is 9.33. The maximum atomic E-state index is 9.33. The number of aliphatic hydroxyl groups excluding tert-OH is 2. The van der Waals surface area contributed by atoms with E-state index in [1.165, 1.54) is 4.68 Å². The molecule has 1 rings (SSSR count). The molecule has 0 bridgehead atoms. The minimum absolute atomic E-state index is 0.160. The first kappa shape index (κ1) is 12.6. The van der Waals surface area contributed by atoms with Gasteiger partial charge in [-0.2, -0.15) is 5.26 Å². The number of rotatable bonds is 5. The number of aromatic nitrogens is 3. The number of hydrogen-bond donors (Lipinski definition) is 2. The molecule has 0 fully saturated rings. The molecule has 0 aliphatic rings. The first-order valence-corrected chi connectivity index (χ1v) is 5.19. The molecule has 88 valence electrons. The minimum atomic E-state index is -0.876. The summed E-state index contributed by atoms with van der Waals surface area (Å²) in [5.41, 5.74) is 1.00. The van der Waals surface area contributed by atoms with Crippen molar-refractivity contribution in [3.05, 3.63) is 11.4 Å². The van der Waals surface area contributed by atoms with Gasteiger partial charge in [-0.15, -0.1) is 5.10 Å². The van der Waals surface area contributed by atoms with Crippen LogP contribution in [0.15, 0.2) is 0 Å². The van der Waals surface area contributed by atoms with E-state index in [0.717, 1.165) is 0 Å². The molecule has 0 aliphatic heterocycles. The van der Waals surface area contributed by atoms with Crippen molar-refractivity contribution in [1.29, 1.82) is 5.26 Å². The summed E-state index contributed by atoms with van der Waals surface area (Å²) in [6.45, 7) is 3.89. The van der Waals surface area contributed by atoms with Gasteiger partial charge in [-0.25, -0.2) is 4.68 Å². The predicted octanol–water partition coefficient (Wildman–Crippen LogP) is -0.299.